The zero-order valence-electron chi connectivity index (χ0n) is 8.20. The summed E-state index contributed by atoms with van der Waals surface area (Å²) < 4.78 is 38.3. The molecule has 0 saturated heterocycles. The number of hydrogen-bond donors (Lipinski definition) is 3. The van der Waals surface area contributed by atoms with Crippen LogP contribution in [0.4, 0.5) is 13.2 Å². The molecule has 0 heterocycles. The summed E-state index contributed by atoms with van der Waals surface area (Å²) in [5.74, 6) is -4.08. The average Bonchev–Trinajstić information content (AvgIpc) is 2.24. The van der Waals surface area contributed by atoms with Crippen LogP contribution >= 0.6 is 12.6 Å². The molecule has 1 aromatic rings. The predicted molar refractivity (Wildman–Crippen MR) is 55.8 cm³/mol. The van der Waals surface area contributed by atoms with Gasteiger partial charge in [-0.1, -0.05) is 0 Å². The van der Waals surface area contributed by atoms with Crippen LogP contribution in [0.2, 0.25) is 0 Å². The normalized spacial score (nSPS) is 14.9. The zero-order chi connectivity index (χ0) is 12.3. The third kappa shape index (κ3) is 2.90. The Morgan fingerprint density at radius 1 is 1.12 bits per heavy atom. The van der Waals surface area contributed by atoms with E-state index in [9.17, 15) is 23.4 Å². The van der Waals surface area contributed by atoms with E-state index in [0.717, 1.165) is 0 Å². The van der Waals surface area contributed by atoms with Crippen molar-refractivity contribution in [3.05, 3.63) is 35.1 Å². The lowest BCUT2D eigenvalue weighted by molar-refractivity contribution is 0.0168. The molecule has 2 unspecified atom stereocenters. The van der Waals surface area contributed by atoms with Crippen molar-refractivity contribution in [2.24, 2.45) is 0 Å². The van der Waals surface area contributed by atoms with Crippen molar-refractivity contribution in [1.29, 1.82) is 0 Å². The van der Waals surface area contributed by atoms with Crippen molar-refractivity contribution >= 4 is 12.6 Å². The summed E-state index contributed by atoms with van der Waals surface area (Å²) in [5, 5.41) is 18.9. The van der Waals surface area contributed by atoms with Gasteiger partial charge < -0.3 is 10.2 Å². The molecule has 0 aliphatic rings. The molecule has 0 bridgehead atoms. The summed E-state index contributed by atoms with van der Waals surface area (Å²) in [7, 11) is 0. The maximum absolute atomic E-state index is 12.8. The van der Waals surface area contributed by atoms with Crippen molar-refractivity contribution in [2.45, 2.75) is 18.6 Å². The highest BCUT2D eigenvalue weighted by atomic mass is 32.1. The quantitative estimate of drug-likeness (QED) is 0.565. The molecule has 2 atom stereocenters. The molecule has 90 valence electrons. The summed E-state index contributed by atoms with van der Waals surface area (Å²) in [4.78, 5) is 0. The van der Waals surface area contributed by atoms with Gasteiger partial charge in [0.1, 0.15) is 6.10 Å². The lowest BCUT2D eigenvalue weighted by Crippen LogP contribution is -2.19. The highest BCUT2D eigenvalue weighted by Gasteiger charge is 2.21. The molecule has 1 aromatic carbocycles. The highest BCUT2D eigenvalue weighted by Crippen LogP contribution is 2.23. The standard InChI is InChI=1S/C10H11F3O2S/c11-6-3-5(4-7(12)9(6)13)10(15)8(14)1-2-16/h3-4,8,10,14-16H,1-2H2. The zero-order valence-corrected chi connectivity index (χ0v) is 9.09. The van der Waals surface area contributed by atoms with Crippen molar-refractivity contribution < 1.29 is 23.4 Å². The minimum Gasteiger partial charge on any atom is -0.390 e. The number of hydrogen-bond acceptors (Lipinski definition) is 3. The Bertz CT molecular complexity index is 350. The largest absolute Gasteiger partial charge is 0.390 e. The molecule has 0 saturated carbocycles. The lowest BCUT2D eigenvalue weighted by atomic mass is 10.0. The van der Waals surface area contributed by atoms with Crippen molar-refractivity contribution in [3.8, 4) is 0 Å². The number of thiol groups is 1. The van der Waals surface area contributed by atoms with Gasteiger partial charge in [0, 0.05) is 0 Å². The van der Waals surface area contributed by atoms with Crippen molar-refractivity contribution in [2.75, 3.05) is 5.75 Å². The third-order valence-corrected chi connectivity index (χ3v) is 2.40. The van der Waals surface area contributed by atoms with Crippen LogP contribution in [0, 0.1) is 17.5 Å². The molecule has 0 aliphatic heterocycles. The molecule has 0 fully saturated rings. The smallest absolute Gasteiger partial charge is 0.194 e. The minimum absolute atomic E-state index is 0.158. The van der Waals surface area contributed by atoms with E-state index in [1.165, 1.54) is 0 Å². The second kappa shape index (κ2) is 5.56. The van der Waals surface area contributed by atoms with E-state index in [1.54, 1.807) is 0 Å². The lowest BCUT2D eigenvalue weighted by Gasteiger charge is -2.17. The maximum Gasteiger partial charge on any atom is 0.194 e. The Labute approximate surface area is 96.1 Å². The summed E-state index contributed by atoms with van der Waals surface area (Å²) >= 11 is 3.84. The van der Waals surface area contributed by atoms with Crippen LogP contribution in [0.25, 0.3) is 0 Å². The van der Waals surface area contributed by atoms with Gasteiger partial charge in [-0.05, 0) is 29.9 Å². The van der Waals surface area contributed by atoms with Crippen LogP contribution in [0.5, 0.6) is 0 Å². The molecule has 0 amide bonds. The fraction of sp³-hybridized carbons (Fsp3) is 0.400. The number of aliphatic hydroxyl groups is 2. The first-order chi connectivity index (χ1) is 7.47. The molecule has 0 aliphatic carbocycles. The molecular formula is C10H11F3O2S. The first-order valence-corrected chi connectivity index (χ1v) is 5.22. The van der Waals surface area contributed by atoms with Gasteiger partial charge in [0.15, 0.2) is 17.5 Å². The van der Waals surface area contributed by atoms with E-state index in [-0.39, 0.29) is 12.0 Å². The molecule has 0 spiro atoms. The molecule has 0 radical (unpaired) electrons. The summed E-state index contributed by atoms with van der Waals surface area (Å²) in [6, 6.07) is 1.32. The van der Waals surface area contributed by atoms with E-state index in [2.05, 4.69) is 12.6 Å². The van der Waals surface area contributed by atoms with Gasteiger partial charge in [-0.3, -0.25) is 0 Å². The highest BCUT2D eigenvalue weighted by molar-refractivity contribution is 7.80. The van der Waals surface area contributed by atoms with E-state index >= 15 is 0 Å². The van der Waals surface area contributed by atoms with Crippen LogP contribution < -0.4 is 0 Å². The van der Waals surface area contributed by atoms with E-state index < -0.39 is 29.7 Å². The topological polar surface area (TPSA) is 40.5 Å². The second-order valence-corrected chi connectivity index (χ2v) is 3.77. The van der Waals surface area contributed by atoms with Crippen molar-refractivity contribution in [3.63, 3.8) is 0 Å². The van der Waals surface area contributed by atoms with Crippen LogP contribution in [0.1, 0.15) is 18.1 Å². The minimum atomic E-state index is -1.60. The Hall–Kier alpha value is -0.720. The monoisotopic (exact) mass is 252 g/mol. The number of halogens is 3. The van der Waals surface area contributed by atoms with Gasteiger partial charge in [0.05, 0.1) is 6.10 Å². The van der Waals surface area contributed by atoms with Crippen LogP contribution in [0.15, 0.2) is 12.1 Å². The molecule has 2 N–H and O–H groups in total. The van der Waals surface area contributed by atoms with E-state index in [0.29, 0.717) is 17.9 Å². The predicted octanol–water partition coefficient (Wildman–Crippen LogP) is 1.82. The molecule has 2 nitrogen and oxygen atoms in total. The maximum atomic E-state index is 12.8. The number of aliphatic hydroxyl groups excluding tert-OH is 2. The first-order valence-electron chi connectivity index (χ1n) is 4.58. The Kier molecular flexibility index (Phi) is 4.64. The Morgan fingerprint density at radius 2 is 1.62 bits per heavy atom. The van der Waals surface area contributed by atoms with Crippen LogP contribution in [0.3, 0.4) is 0 Å². The first kappa shape index (κ1) is 13.3. The summed E-state index contributed by atoms with van der Waals surface area (Å²) in [5.41, 5.74) is -0.203. The van der Waals surface area contributed by atoms with Gasteiger partial charge in [0.25, 0.3) is 0 Å². The molecule has 1 rings (SSSR count). The molecule has 6 heteroatoms. The number of rotatable bonds is 4. The fourth-order valence-corrected chi connectivity index (χ4v) is 1.52. The Morgan fingerprint density at radius 3 is 2.06 bits per heavy atom. The van der Waals surface area contributed by atoms with E-state index in [4.69, 9.17) is 0 Å². The van der Waals surface area contributed by atoms with E-state index in [1.807, 2.05) is 0 Å². The summed E-state index contributed by atoms with van der Waals surface area (Å²) in [6.07, 6.45) is -2.50. The van der Waals surface area contributed by atoms with Gasteiger partial charge in [-0.15, -0.1) is 0 Å². The molecule has 0 aromatic heterocycles. The Balaban J connectivity index is 2.96. The molecular weight excluding hydrogens is 241 g/mol. The SMILES string of the molecule is OC(CCS)C(O)c1cc(F)c(F)c(F)c1. The number of benzene rings is 1. The van der Waals surface area contributed by atoms with Crippen LogP contribution in [-0.2, 0) is 0 Å². The molecule has 16 heavy (non-hydrogen) atoms. The van der Waals surface area contributed by atoms with Gasteiger partial charge in [-0.2, -0.15) is 12.6 Å². The second-order valence-electron chi connectivity index (χ2n) is 3.32. The van der Waals surface area contributed by atoms with Crippen LogP contribution in [-0.4, -0.2) is 22.1 Å². The van der Waals surface area contributed by atoms with Gasteiger partial charge >= 0.3 is 0 Å². The third-order valence-electron chi connectivity index (χ3n) is 2.14. The average molecular weight is 252 g/mol. The summed E-state index contributed by atoms with van der Waals surface area (Å²) in [6.45, 7) is 0. The fourth-order valence-electron chi connectivity index (χ4n) is 1.26. The van der Waals surface area contributed by atoms with Gasteiger partial charge in [0.2, 0.25) is 0 Å². The van der Waals surface area contributed by atoms with Crippen molar-refractivity contribution in [1.82, 2.24) is 0 Å². The van der Waals surface area contributed by atoms with Gasteiger partial charge in [-0.25, -0.2) is 13.2 Å².